The van der Waals surface area contributed by atoms with Gasteiger partial charge in [0, 0.05) is 24.6 Å². The second-order valence-electron chi connectivity index (χ2n) is 12.2. The summed E-state index contributed by atoms with van der Waals surface area (Å²) in [6.07, 6.45) is 4.69. The summed E-state index contributed by atoms with van der Waals surface area (Å²) in [6.45, 7) is 6.03. The van der Waals surface area contributed by atoms with Crippen molar-refractivity contribution in [3.63, 3.8) is 0 Å². The highest BCUT2D eigenvalue weighted by atomic mass is 16.6. The molecular weight excluding hydrogens is 527 g/mol. The number of hydrogen-bond acceptors (Lipinski definition) is 8. The highest BCUT2D eigenvalue weighted by Crippen LogP contribution is 2.31. The Labute approximate surface area is 240 Å². The topological polar surface area (TPSA) is 139 Å². The molecule has 3 aliphatic rings. The number of hydrogen-bond donors (Lipinski definition) is 3. The number of benzene rings is 1. The van der Waals surface area contributed by atoms with Crippen LogP contribution in [0.15, 0.2) is 36.5 Å². The van der Waals surface area contributed by atoms with Crippen molar-refractivity contribution in [2.24, 2.45) is 5.41 Å². The molecule has 0 spiro atoms. The maximum absolute atomic E-state index is 14.1. The van der Waals surface area contributed by atoms with E-state index in [2.05, 4.69) is 15.6 Å². The third-order valence-corrected chi connectivity index (χ3v) is 8.10. The van der Waals surface area contributed by atoms with Crippen molar-refractivity contribution in [1.29, 1.82) is 0 Å². The molecule has 3 N–H and O–H groups in total. The molecule has 0 radical (unpaired) electrons. The Balaban J connectivity index is 1.37. The summed E-state index contributed by atoms with van der Waals surface area (Å²) in [5.41, 5.74) is -0.668. The number of fused-ring (bicyclic) bond motifs is 1. The minimum Gasteiger partial charge on any atom is -0.472 e. The molecule has 2 saturated heterocycles. The average Bonchev–Trinajstić information content (AvgIpc) is 3.69. The first-order valence-electron chi connectivity index (χ1n) is 14.5. The summed E-state index contributed by atoms with van der Waals surface area (Å²) in [5.74, 6) is -0.962. The molecule has 41 heavy (non-hydrogen) atoms. The van der Waals surface area contributed by atoms with Gasteiger partial charge in [0.2, 0.25) is 17.7 Å². The molecule has 3 amide bonds. The zero-order valence-electron chi connectivity index (χ0n) is 23.9. The number of pyridine rings is 1. The van der Waals surface area contributed by atoms with Crippen LogP contribution in [0.1, 0.15) is 59.3 Å². The van der Waals surface area contributed by atoms with E-state index in [-0.39, 0.29) is 19.1 Å². The summed E-state index contributed by atoms with van der Waals surface area (Å²) >= 11 is 0. The Hall–Kier alpha value is -3.38. The fourth-order valence-electron chi connectivity index (χ4n) is 5.84. The van der Waals surface area contributed by atoms with Crippen LogP contribution in [0.5, 0.6) is 5.88 Å². The van der Waals surface area contributed by atoms with Gasteiger partial charge in [-0.05, 0) is 55.0 Å². The number of carbonyl (C=O) groups excluding carboxylic acids is 3. The number of nitrogens with one attached hydrogen (secondary N) is 2. The van der Waals surface area contributed by atoms with E-state index >= 15 is 0 Å². The summed E-state index contributed by atoms with van der Waals surface area (Å²) < 4.78 is 17.1. The molecule has 5 rings (SSSR count). The van der Waals surface area contributed by atoms with Crippen molar-refractivity contribution in [3.05, 3.63) is 36.5 Å². The number of carbonyl (C=O) groups is 3. The third-order valence-electron chi connectivity index (χ3n) is 8.10. The average molecular weight is 566 g/mol. The van der Waals surface area contributed by atoms with E-state index in [9.17, 15) is 19.4 Å². The van der Waals surface area contributed by atoms with E-state index in [4.69, 9.17) is 14.1 Å². The van der Waals surface area contributed by atoms with Gasteiger partial charge in [-0.2, -0.15) is 0 Å². The predicted octanol–water partition coefficient (Wildman–Crippen LogP) is 2.59. The Kier molecular flexibility index (Phi) is 8.70. The second kappa shape index (κ2) is 12.2. The lowest BCUT2D eigenvalue weighted by atomic mass is 9.80. The van der Waals surface area contributed by atoms with Gasteiger partial charge in [-0.1, -0.05) is 39.0 Å². The fraction of sp³-hybridized carbons (Fsp3) is 0.586. The molecule has 1 aliphatic carbocycles. The van der Waals surface area contributed by atoms with Crippen LogP contribution in [0, 0.1) is 5.41 Å². The molecule has 220 valence electrons. The number of likely N-dealkylation sites (tertiary alicyclic amines) is 1. The molecule has 3 fully saturated rings. The van der Waals surface area contributed by atoms with Crippen LogP contribution in [-0.2, 0) is 19.0 Å². The smallest absolute Gasteiger partial charge is 0.472 e. The van der Waals surface area contributed by atoms with Gasteiger partial charge >= 0.3 is 13.2 Å². The van der Waals surface area contributed by atoms with Crippen LogP contribution < -0.4 is 15.4 Å². The summed E-state index contributed by atoms with van der Waals surface area (Å²) in [7, 11) is -1.11. The minimum absolute atomic E-state index is 0.122. The molecule has 11 nitrogen and oxygen atoms in total. The van der Waals surface area contributed by atoms with Gasteiger partial charge in [-0.3, -0.25) is 9.59 Å². The van der Waals surface area contributed by atoms with Crippen LogP contribution in [-0.4, -0.2) is 83.3 Å². The van der Waals surface area contributed by atoms with Crippen LogP contribution >= 0.6 is 0 Å². The van der Waals surface area contributed by atoms with Crippen LogP contribution in [0.3, 0.4) is 0 Å². The number of amides is 3. The monoisotopic (exact) mass is 566 g/mol. The first-order valence-corrected chi connectivity index (χ1v) is 14.5. The second-order valence-corrected chi connectivity index (χ2v) is 12.2. The lowest BCUT2D eigenvalue weighted by Gasteiger charge is -2.35. The Bertz CT molecular complexity index is 1260. The van der Waals surface area contributed by atoms with Crippen molar-refractivity contribution < 1.29 is 33.5 Å². The first kappa shape index (κ1) is 29.1. The molecule has 12 heteroatoms. The standard InChI is InChI=1S/C29H39BN4O7/c1-29(2,3)24(33-28(37)41-19-9-5-6-10-19)27(36)34-17-20(16-22(34)25(35)32-23-13-15-39-30(23)38)40-26-21-11-7-4-8-18(21)12-14-31-26/h4,7-8,11-12,14,19-20,22-24,38H,5-6,9-10,13,15-17H2,1-3H3,(H,32,35)(H,33,37)/t20-,22+,23+,24-/m1/s1. The van der Waals surface area contributed by atoms with E-state index in [1.807, 2.05) is 51.1 Å². The normalized spacial score (nSPS) is 24.0. The quantitative estimate of drug-likeness (QED) is 0.435. The SMILES string of the molecule is CC(C)(C)[C@H](NC(=O)OC1CCCC1)C(=O)N1C[C@H](Oc2nccc3ccccc23)C[C@H]1C(=O)N[C@H]1CCOB1O. The van der Waals surface area contributed by atoms with Gasteiger partial charge in [-0.25, -0.2) is 9.78 Å². The highest BCUT2D eigenvalue weighted by Gasteiger charge is 2.47. The number of rotatable bonds is 7. The molecule has 1 aromatic heterocycles. The molecule has 1 aromatic carbocycles. The predicted molar refractivity (Wildman–Crippen MR) is 152 cm³/mol. The Morgan fingerprint density at radius 2 is 1.88 bits per heavy atom. The van der Waals surface area contributed by atoms with Gasteiger partial charge in [0.1, 0.15) is 24.3 Å². The summed E-state index contributed by atoms with van der Waals surface area (Å²) in [6, 6.07) is 7.77. The fourth-order valence-corrected chi connectivity index (χ4v) is 5.84. The van der Waals surface area contributed by atoms with Crippen molar-refractivity contribution in [3.8, 4) is 5.88 Å². The zero-order chi connectivity index (χ0) is 29.1. The maximum atomic E-state index is 14.1. The van der Waals surface area contributed by atoms with Gasteiger partial charge in [0.15, 0.2) is 0 Å². The largest absolute Gasteiger partial charge is 0.478 e. The summed E-state index contributed by atoms with van der Waals surface area (Å²) in [4.78, 5) is 46.4. The van der Waals surface area contributed by atoms with E-state index in [0.717, 1.165) is 36.5 Å². The molecular formula is C29H39BN4O7. The number of ether oxygens (including phenoxy) is 2. The molecule has 4 atom stereocenters. The van der Waals surface area contributed by atoms with Crippen molar-refractivity contribution >= 4 is 35.8 Å². The first-order chi connectivity index (χ1) is 19.6. The van der Waals surface area contributed by atoms with Crippen molar-refractivity contribution in [1.82, 2.24) is 20.5 Å². The Morgan fingerprint density at radius 1 is 1.12 bits per heavy atom. The van der Waals surface area contributed by atoms with E-state index in [1.165, 1.54) is 4.90 Å². The lowest BCUT2D eigenvalue weighted by Crippen LogP contribution is -2.59. The van der Waals surface area contributed by atoms with Crippen molar-refractivity contribution in [2.45, 2.75) is 89.5 Å². The van der Waals surface area contributed by atoms with Gasteiger partial charge < -0.3 is 34.7 Å². The number of alkyl carbamates (subject to hydrolysis) is 1. The maximum Gasteiger partial charge on any atom is 0.478 e. The molecule has 1 saturated carbocycles. The van der Waals surface area contributed by atoms with Crippen LogP contribution in [0.4, 0.5) is 4.79 Å². The molecule has 0 bridgehead atoms. The van der Waals surface area contributed by atoms with Crippen molar-refractivity contribution in [2.75, 3.05) is 13.2 Å². The third kappa shape index (κ3) is 6.75. The van der Waals surface area contributed by atoms with Crippen LogP contribution in [0.25, 0.3) is 10.8 Å². The minimum atomic E-state index is -1.11. The summed E-state index contributed by atoms with van der Waals surface area (Å²) in [5, 5.41) is 17.5. The molecule has 0 unspecified atom stereocenters. The van der Waals surface area contributed by atoms with Gasteiger partial charge in [0.05, 0.1) is 12.5 Å². The number of nitrogens with zero attached hydrogens (tertiary/aromatic N) is 2. The molecule has 2 aliphatic heterocycles. The zero-order valence-corrected chi connectivity index (χ0v) is 23.9. The van der Waals surface area contributed by atoms with Gasteiger partial charge in [0.25, 0.3) is 0 Å². The highest BCUT2D eigenvalue weighted by molar-refractivity contribution is 6.46. The van der Waals surface area contributed by atoms with E-state index in [0.29, 0.717) is 18.9 Å². The Morgan fingerprint density at radius 3 is 2.59 bits per heavy atom. The van der Waals surface area contributed by atoms with E-state index in [1.54, 1.807) is 6.20 Å². The lowest BCUT2D eigenvalue weighted by molar-refractivity contribution is -0.142. The molecule has 3 heterocycles. The number of aromatic nitrogens is 1. The van der Waals surface area contributed by atoms with E-state index < -0.39 is 54.6 Å². The molecule has 2 aromatic rings. The van der Waals surface area contributed by atoms with Gasteiger partial charge in [-0.15, -0.1) is 0 Å². The van der Waals surface area contributed by atoms with Crippen LogP contribution in [0.2, 0.25) is 0 Å².